The maximum atomic E-state index is 12.2. The Bertz CT molecular complexity index is 776. The van der Waals surface area contributed by atoms with Crippen LogP contribution in [0.5, 0.6) is 0 Å². The summed E-state index contributed by atoms with van der Waals surface area (Å²) >= 11 is 7.46. The second kappa shape index (κ2) is 6.30. The standard InChI is InChI=1S/C15H15ClO3S2/c1-10-7-13(11(2)20-10)15(17)9-21(18,19)8-12-5-3-4-6-14(12)16/h3-7H,8-9H2,1-2H3. The third kappa shape index (κ3) is 4.15. The minimum Gasteiger partial charge on any atom is -0.293 e. The van der Waals surface area contributed by atoms with E-state index < -0.39 is 15.6 Å². The number of ketones is 1. The molecule has 3 nitrogen and oxygen atoms in total. The number of aryl methyl sites for hydroxylation is 2. The average molecular weight is 343 g/mol. The van der Waals surface area contributed by atoms with Crippen molar-refractivity contribution >= 4 is 38.6 Å². The first-order chi connectivity index (χ1) is 9.78. The van der Waals surface area contributed by atoms with Gasteiger partial charge in [0.1, 0.15) is 5.75 Å². The lowest BCUT2D eigenvalue weighted by Crippen LogP contribution is -2.18. The average Bonchev–Trinajstić information content (AvgIpc) is 2.70. The molecule has 0 atom stereocenters. The summed E-state index contributed by atoms with van der Waals surface area (Å²) in [4.78, 5) is 14.0. The van der Waals surface area contributed by atoms with E-state index >= 15 is 0 Å². The Labute approximate surface area is 133 Å². The van der Waals surface area contributed by atoms with Crippen molar-refractivity contribution in [1.29, 1.82) is 0 Å². The van der Waals surface area contributed by atoms with Crippen LogP contribution >= 0.6 is 22.9 Å². The van der Waals surface area contributed by atoms with Gasteiger partial charge in [-0.1, -0.05) is 29.8 Å². The van der Waals surface area contributed by atoms with E-state index in [2.05, 4.69) is 0 Å². The largest absolute Gasteiger partial charge is 0.293 e. The lowest BCUT2D eigenvalue weighted by atomic mass is 10.2. The molecule has 0 aliphatic heterocycles. The van der Waals surface area contributed by atoms with Gasteiger partial charge in [0.2, 0.25) is 0 Å². The van der Waals surface area contributed by atoms with Gasteiger partial charge in [0, 0.05) is 20.3 Å². The van der Waals surface area contributed by atoms with Crippen LogP contribution in [-0.4, -0.2) is 20.0 Å². The molecular weight excluding hydrogens is 328 g/mol. The zero-order valence-electron chi connectivity index (χ0n) is 11.7. The SMILES string of the molecule is Cc1cc(C(=O)CS(=O)(=O)Cc2ccccc2Cl)c(C)s1. The van der Waals surface area contributed by atoms with Crippen molar-refractivity contribution in [2.45, 2.75) is 19.6 Å². The molecule has 2 rings (SSSR count). The molecule has 0 bridgehead atoms. The van der Waals surface area contributed by atoms with Gasteiger partial charge in [-0.3, -0.25) is 4.79 Å². The summed E-state index contributed by atoms with van der Waals surface area (Å²) in [5, 5.41) is 0.399. The number of Topliss-reactive ketones (excluding diaryl/α,β-unsaturated/α-hetero) is 1. The van der Waals surface area contributed by atoms with Crippen LogP contribution in [0.4, 0.5) is 0 Å². The van der Waals surface area contributed by atoms with E-state index in [0.29, 0.717) is 16.1 Å². The molecule has 1 aromatic carbocycles. The number of thiophene rings is 1. The summed E-state index contributed by atoms with van der Waals surface area (Å²) < 4.78 is 24.4. The van der Waals surface area contributed by atoms with Gasteiger partial charge in [0.05, 0.1) is 5.75 Å². The van der Waals surface area contributed by atoms with Crippen LogP contribution in [0.25, 0.3) is 0 Å². The molecule has 21 heavy (non-hydrogen) atoms. The first-order valence-corrected chi connectivity index (χ1v) is 9.34. The molecule has 112 valence electrons. The minimum atomic E-state index is -3.54. The number of carbonyl (C=O) groups is 1. The molecule has 0 fully saturated rings. The van der Waals surface area contributed by atoms with Gasteiger partial charge in [-0.2, -0.15) is 0 Å². The van der Waals surface area contributed by atoms with Crippen molar-refractivity contribution < 1.29 is 13.2 Å². The summed E-state index contributed by atoms with van der Waals surface area (Å²) in [6.07, 6.45) is 0. The Morgan fingerprint density at radius 2 is 1.90 bits per heavy atom. The van der Waals surface area contributed by atoms with Gasteiger partial charge >= 0.3 is 0 Å². The third-order valence-corrected chi connectivity index (χ3v) is 5.81. The Morgan fingerprint density at radius 3 is 2.48 bits per heavy atom. The highest BCUT2D eigenvalue weighted by Gasteiger charge is 2.21. The Hall–Kier alpha value is -1.17. The molecule has 0 aliphatic rings. The van der Waals surface area contributed by atoms with Gasteiger partial charge < -0.3 is 0 Å². The molecule has 0 spiro atoms. The molecule has 0 amide bonds. The van der Waals surface area contributed by atoms with E-state index in [4.69, 9.17) is 11.6 Å². The highest BCUT2D eigenvalue weighted by Crippen LogP contribution is 2.23. The number of carbonyl (C=O) groups excluding carboxylic acids is 1. The van der Waals surface area contributed by atoms with Crippen LogP contribution in [0, 0.1) is 13.8 Å². The topological polar surface area (TPSA) is 51.2 Å². The molecule has 1 heterocycles. The van der Waals surface area contributed by atoms with Crippen molar-refractivity contribution in [1.82, 2.24) is 0 Å². The van der Waals surface area contributed by atoms with Gasteiger partial charge in [-0.05, 0) is 31.5 Å². The monoisotopic (exact) mass is 342 g/mol. The minimum absolute atomic E-state index is 0.222. The lowest BCUT2D eigenvalue weighted by molar-refractivity contribution is 0.102. The maximum Gasteiger partial charge on any atom is 0.178 e. The number of benzene rings is 1. The van der Waals surface area contributed by atoms with E-state index in [1.165, 1.54) is 11.3 Å². The van der Waals surface area contributed by atoms with Crippen LogP contribution in [-0.2, 0) is 15.6 Å². The Morgan fingerprint density at radius 1 is 1.24 bits per heavy atom. The fraction of sp³-hybridized carbons (Fsp3) is 0.267. The molecule has 0 saturated heterocycles. The van der Waals surface area contributed by atoms with Crippen LogP contribution < -0.4 is 0 Å². The quantitative estimate of drug-likeness (QED) is 0.776. The number of hydrogen-bond acceptors (Lipinski definition) is 4. The third-order valence-electron chi connectivity index (χ3n) is 3.03. The number of rotatable bonds is 5. The van der Waals surface area contributed by atoms with Crippen LogP contribution in [0.15, 0.2) is 30.3 Å². The molecule has 0 unspecified atom stereocenters. The van der Waals surface area contributed by atoms with Gasteiger partial charge in [-0.25, -0.2) is 8.42 Å². The van der Waals surface area contributed by atoms with Gasteiger partial charge in [0.25, 0.3) is 0 Å². The number of halogens is 1. The second-order valence-corrected chi connectivity index (χ2v) is 8.81. The van der Waals surface area contributed by atoms with Crippen LogP contribution in [0.3, 0.4) is 0 Å². The summed E-state index contributed by atoms with van der Waals surface area (Å²) in [5.74, 6) is -1.07. The Balaban J connectivity index is 2.16. The lowest BCUT2D eigenvalue weighted by Gasteiger charge is -2.05. The van der Waals surface area contributed by atoms with Gasteiger partial charge in [0.15, 0.2) is 15.6 Å². The molecule has 1 aromatic heterocycles. The van der Waals surface area contributed by atoms with Crippen LogP contribution in [0.2, 0.25) is 5.02 Å². The zero-order valence-corrected chi connectivity index (χ0v) is 14.1. The number of sulfone groups is 1. The first-order valence-electron chi connectivity index (χ1n) is 6.32. The molecule has 0 radical (unpaired) electrons. The predicted octanol–water partition coefficient (Wildman–Crippen LogP) is 3.82. The molecule has 0 aliphatic carbocycles. The van der Waals surface area contributed by atoms with Gasteiger partial charge in [-0.15, -0.1) is 11.3 Å². The zero-order chi connectivity index (χ0) is 15.6. The van der Waals surface area contributed by atoms with Crippen molar-refractivity contribution in [2.75, 3.05) is 5.75 Å². The Kier molecular flexibility index (Phi) is 4.86. The van der Waals surface area contributed by atoms with Crippen molar-refractivity contribution in [3.8, 4) is 0 Å². The second-order valence-electron chi connectivity index (χ2n) is 4.87. The molecule has 0 saturated carbocycles. The highest BCUT2D eigenvalue weighted by molar-refractivity contribution is 7.91. The van der Waals surface area contributed by atoms with E-state index in [1.54, 1.807) is 30.3 Å². The smallest absolute Gasteiger partial charge is 0.178 e. The fourth-order valence-electron chi connectivity index (χ4n) is 2.09. The normalized spacial score (nSPS) is 11.6. The molecule has 2 aromatic rings. The predicted molar refractivity (Wildman–Crippen MR) is 87.1 cm³/mol. The highest BCUT2D eigenvalue weighted by atomic mass is 35.5. The molecule has 6 heteroatoms. The van der Waals surface area contributed by atoms with Crippen molar-refractivity contribution in [3.63, 3.8) is 0 Å². The van der Waals surface area contributed by atoms with Crippen molar-refractivity contribution in [2.24, 2.45) is 0 Å². The van der Waals surface area contributed by atoms with E-state index in [1.807, 2.05) is 13.8 Å². The first kappa shape index (κ1) is 16.2. The fourth-order valence-corrected chi connectivity index (χ4v) is 4.70. The van der Waals surface area contributed by atoms with Crippen molar-refractivity contribution in [3.05, 3.63) is 56.2 Å². The maximum absolute atomic E-state index is 12.2. The summed E-state index contributed by atoms with van der Waals surface area (Å²) in [7, 11) is -3.54. The summed E-state index contributed by atoms with van der Waals surface area (Å²) in [6.45, 7) is 3.72. The summed E-state index contributed by atoms with van der Waals surface area (Å²) in [6, 6.07) is 8.50. The van der Waals surface area contributed by atoms with E-state index in [9.17, 15) is 13.2 Å². The summed E-state index contributed by atoms with van der Waals surface area (Å²) in [5.41, 5.74) is 1.02. The van der Waals surface area contributed by atoms with E-state index in [-0.39, 0.29) is 11.5 Å². The molecular formula is C15H15ClO3S2. The number of hydrogen-bond donors (Lipinski definition) is 0. The van der Waals surface area contributed by atoms with E-state index in [0.717, 1.165) is 9.75 Å². The van der Waals surface area contributed by atoms with Crippen LogP contribution in [0.1, 0.15) is 25.7 Å². The molecule has 0 N–H and O–H groups in total.